The van der Waals surface area contributed by atoms with Gasteiger partial charge in [0.1, 0.15) is 42.4 Å². The number of H-pyrrole nitrogens is 2. The van der Waals surface area contributed by atoms with Gasteiger partial charge < -0.3 is 34.6 Å². The van der Waals surface area contributed by atoms with E-state index in [-0.39, 0.29) is 24.9 Å². The Bertz CT molecular complexity index is 2300. The lowest BCUT2D eigenvalue weighted by molar-refractivity contribution is -0.137. The summed E-state index contributed by atoms with van der Waals surface area (Å²) < 4.78 is 12.9. The van der Waals surface area contributed by atoms with Gasteiger partial charge in [-0.3, -0.25) is 9.59 Å². The monoisotopic (exact) mass is 749 g/mol. The molecule has 0 fully saturated rings. The summed E-state index contributed by atoms with van der Waals surface area (Å²) in [6, 6.07) is 27.5. The maximum absolute atomic E-state index is 14.1. The number of ether oxygens (including phenoxy) is 2. The van der Waals surface area contributed by atoms with Crippen molar-refractivity contribution in [1.82, 2.24) is 35.1 Å². The van der Waals surface area contributed by atoms with Crippen molar-refractivity contribution >= 4 is 11.8 Å². The summed E-state index contributed by atoms with van der Waals surface area (Å²) in [6.45, 7) is 6.02. The first-order chi connectivity index (χ1) is 27.2. The molecular weight excluding hydrogens is 703 g/mol. The Morgan fingerprint density at radius 2 is 1.34 bits per heavy atom. The van der Waals surface area contributed by atoms with Crippen molar-refractivity contribution < 1.29 is 19.1 Å². The van der Waals surface area contributed by atoms with Gasteiger partial charge in [0.25, 0.3) is 0 Å². The Kier molecular flexibility index (Phi) is 10.4. The van der Waals surface area contributed by atoms with Crippen molar-refractivity contribution in [3.05, 3.63) is 131 Å². The standard InChI is InChI=1S/C45H47N7O4/c1-5-16-52(45(54)44(30-14-10-7-11-15-30)50-41(53)25-51(3)4)24-40-47-23-36(49-40)32-19-34-27-55-37-20-31(18-33-26-56-38(21-32)43(34)42(33)37)35-22-46-39(48-35)17-28(2)29-12-8-6-9-13-29/h6-15,18-23,28,44H,5,16-17,24-27H2,1-4H3,(H,46,48)(H,47,49)(H,50,53)/t28-,44+/m0/s1. The zero-order chi connectivity index (χ0) is 38.8. The first-order valence-electron chi connectivity index (χ1n) is 19.2. The van der Waals surface area contributed by atoms with Crippen LogP contribution in [0, 0.1) is 0 Å². The Labute approximate surface area is 327 Å². The minimum absolute atomic E-state index is 0.179. The average Bonchev–Trinajstić information content (AvgIpc) is 3.89. The van der Waals surface area contributed by atoms with Gasteiger partial charge in [-0.15, -0.1) is 0 Å². The first kappa shape index (κ1) is 36.8. The van der Waals surface area contributed by atoms with Crippen LogP contribution in [-0.4, -0.2) is 68.7 Å². The Morgan fingerprint density at radius 1 is 0.786 bits per heavy atom. The van der Waals surface area contributed by atoms with Crippen LogP contribution in [-0.2, 0) is 35.8 Å². The van der Waals surface area contributed by atoms with E-state index in [9.17, 15) is 9.59 Å². The molecular formula is C45H47N7O4. The number of amides is 2. The topological polar surface area (TPSA) is 128 Å². The number of benzene rings is 4. The molecule has 2 atom stereocenters. The van der Waals surface area contributed by atoms with Gasteiger partial charge in [0.15, 0.2) is 0 Å². The molecule has 2 aromatic heterocycles. The van der Waals surface area contributed by atoms with E-state index in [4.69, 9.17) is 19.4 Å². The molecule has 11 heteroatoms. The normalized spacial score (nSPS) is 13.7. The molecule has 2 amide bonds. The zero-order valence-electron chi connectivity index (χ0n) is 32.3. The molecule has 56 heavy (non-hydrogen) atoms. The molecule has 286 valence electrons. The van der Waals surface area contributed by atoms with Crippen LogP contribution in [0.25, 0.3) is 33.6 Å². The fourth-order valence-corrected chi connectivity index (χ4v) is 7.71. The van der Waals surface area contributed by atoms with Crippen LogP contribution in [0.1, 0.15) is 66.1 Å². The molecule has 8 rings (SSSR count). The highest BCUT2D eigenvalue weighted by molar-refractivity contribution is 5.90. The van der Waals surface area contributed by atoms with Gasteiger partial charge in [-0.2, -0.15) is 0 Å². The van der Waals surface area contributed by atoms with Crippen molar-refractivity contribution in [2.45, 2.75) is 58.4 Å². The summed E-state index contributed by atoms with van der Waals surface area (Å²) in [7, 11) is 3.65. The number of nitrogens with one attached hydrogen (secondary N) is 3. The van der Waals surface area contributed by atoms with Gasteiger partial charge in [0, 0.05) is 46.3 Å². The number of likely N-dealkylation sites (N-methyl/N-ethyl adjacent to an activating group) is 1. The van der Waals surface area contributed by atoms with E-state index in [1.807, 2.05) is 63.6 Å². The SMILES string of the molecule is CCCN(Cc1ncc(-c2cc3c4c(c2)OCc2cc(-c5cnc(C[C@H](C)c6ccccc6)[nH]5)cc(c2-4)OC3)[nH]1)C(=O)[C@H](NC(=O)CN(C)C)c1ccccc1. The third kappa shape index (κ3) is 7.67. The van der Waals surface area contributed by atoms with E-state index >= 15 is 0 Å². The number of hydrogen-bond acceptors (Lipinski definition) is 7. The molecule has 3 N–H and O–H groups in total. The largest absolute Gasteiger partial charge is 0.488 e. The molecule has 2 aliphatic rings. The van der Waals surface area contributed by atoms with Gasteiger partial charge >= 0.3 is 0 Å². The lowest BCUT2D eigenvalue weighted by atomic mass is 9.87. The smallest absolute Gasteiger partial charge is 0.250 e. The van der Waals surface area contributed by atoms with E-state index in [1.54, 1.807) is 16.0 Å². The number of aromatic nitrogens is 4. The quantitative estimate of drug-likeness (QED) is 0.106. The summed E-state index contributed by atoms with van der Waals surface area (Å²) in [5.41, 5.74) is 9.98. The molecule has 4 heterocycles. The van der Waals surface area contributed by atoms with Gasteiger partial charge in [-0.1, -0.05) is 74.5 Å². The van der Waals surface area contributed by atoms with Gasteiger partial charge in [0.05, 0.1) is 36.9 Å². The zero-order valence-corrected chi connectivity index (χ0v) is 32.3. The number of imidazole rings is 2. The van der Waals surface area contributed by atoms with E-state index in [0.717, 1.165) is 80.5 Å². The van der Waals surface area contributed by atoms with Crippen LogP contribution < -0.4 is 14.8 Å². The van der Waals surface area contributed by atoms with E-state index in [2.05, 4.69) is 70.7 Å². The molecule has 0 spiro atoms. The number of rotatable bonds is 14. The van der Waals surface area contributed by atoms with Crippen LogP contribution in [0.4, 0.5) is 0 Å². The molecule has 0 saturated heterocycles. The van der Waals surface area contributed by atoms with Crippen molar-refractivity contribution in [3.8, 4) is 45.1 Å². The van der Waals surface area contributed by atoms with Gasteiger partial charge in [-0.25, -0.2) is 9.97 Å². The molecule has 0 aliphatic carbocycles. The van der Waals surface area contributed by atoms with Crippen LogP contribution in [0.2, 0.25) is 0 Å². The summed E-state index contributed by atoms with van der Waals surface area (Å²) in [5, 5.41) is 2.96. The number of aromatic amines is 2. The van der Waals surface area contributed by atoms with Crippen molar-refractivity contribution in [2.75, 3.05) is 27.2 Å². The first-order valence-corrected chi connectivity index (χ1v) is 19.2. The molecule has 6 aromatic rings. The second kappa shape index (κ2) is 15.9. The van der Waals surface area contributed by atoms with Gasteiger partial charge in [0.2, 0.25) is 11.8 Å². The predicted octanol–water partition coefficient (Wildman–Crippen LogP) is 7.42. The fraction of sp³-hybridized carbons (Fsp3) is 0.289. The second-order valence-corrected chi connectivity index (χ2v) is 15.0. The number of carbonyl (C=O) groups excluding carboxylic acids is 2. The average molecular weight is 750 g/mol. The maximum atomic E-state index is 14.1. The van der Waals surface area contributed by atoms with Crippen LogP contribution >= 0.6 is 0 Å². The van der Waals surface area contributed by atoms with Crippen LogP contribution in [0.5, 0.6) is 11.5 Å². The van der Waals surface area contributed by atoms with E-state index < -0.39 is 6.04 Å². The van der Waals surface area contributed by atoms with E-state index in [0.29, 0.717) is 31.5 Å². The Morgan fingerprint density at radius 3 is 1.91 bits per heavy atom. The number of carbonyl (C=O) groups is 2. The van der Waals surface area contributed by atoms with Crippen molar-refractivity contribution in [1.29, 1.82) is 0 Å². The third-order valence-electron chi connectivity index (χ3n) is 10.4. The molecule has 4 aromatic carbocycles. The minimum Gasteiger partial charge on any atom is -0.488 e. The summed E-state index contributed by atoms with van der Waals surface area (Å²) in [5.74, 6) is 3.18. The molecule has 11 nitrogen and oxygen atoms in total. The summed E-state index contributed by atoms with van der Waals surface area (Å²) in [4.78, 5) is 46.9. The number of hydrogen-bond donors (Lipinski definition) is 3. The van der Waals surface area contributed by atoms with Crippen molar-refractivity contribution in [3.63, 3.8) is 0 Å². The lowest BCUT2D eigenvalue weighted by Gasteiger charge is -2.30. The summed E-state index contributed by atoms with van der Waals surface area (Å²) >= 11 is 0. The predicted molar refractivity (Wildman–Crippen MR) is 216 cm³/mol. The Balaban J connectivity index is 1.01. The van der Waals surface area contributed by atoms with Crippen LogP contribution in [0.15, 0.2) is 97.3 Å². The molecule has 0 unspecified atom stereocenters. The fourth-order valence-electron chi connectivity index (χ4n) is 7.71. The van der Waals surface area contributed by atoms with Crippen molar-refractivity contribution in [2.24, 2.45) is 0 Å². The minimum atomic E-state index is -0.815. The molecule has 2 aliphatic heterocycles. The number of nitrogens with zero attached hydrogens (tertiary/aromatic N) is 4. The maximum Gasteiger partial charge on any atom is 0.250 e. The highest BCUT2D eigenvalue weighted by atomic mass is 16.5. The highest BCUT2D eigenvalue weighted by Gasteiger charge is 2.31. The van der Waals surface area contributed by atoms with Gasteiger partial charge in [-0.05, 0) is 61.8 Å². The second-order valence-electron chi connectivity index (χ2n) is 15.0. The summed E-state index contributed by atoms with van der Waals surface area (Å²) in [6.07, 6.45) is 5.27. The Hall–Kier alpha value is -6.20. The van der Waals surface area contributed by atoms with Crippen LogP contribution in [0.3, 0.4) is 0 Å². The lowest BCUT2D eigenvalue weighted by Crippen LogP contribution is -2.45. The molecule has 0 radical (unpaired) electrons. The molecule has 0 bridgehead atoms. The molecule has 0 saturated carbocycles. The third-order valence-corrected chi connectivity index (χ3v) is 10.4. The van der Waals surface area contributed by atoms with E-state index in [1.165, 1.54) is 5.56 Å². The highest BCUT2D eigenvalue weighted by Crippen LogP contribution is 2.50.